The van der Waals surface area contributed by atoms with Gasteiger partial charge in [0, 0.05) is 40.4 Å². The Balaban J connectivity index is 1.54. The van der Waals surface area contributed by atoms with Crippen molar-refractivity contribution in [1.82, 2.24) is 19.9 Å². The normalized spacial score (nSPS) is 12.0. The van der Waals surface area contributed by atoms with Crippen LogP contribution in [0.2, 0.25) is 0 Å². The number of pyridine rings is 1. The van der Waals surface area contributed by atoms with Gasteiger partial charge in [-0.2, -0.15) is 0 Å². The van der Waals surface area contributed by atoms with Crippen molar-refractivity contribution in [3.8, 4) is 16.9 Å². The molecule has 0 saturated heterocycles. The second-order valence-electron chi connectivity index (χ2n) is 7.10. The van der Waals surface area contributed by atoms with E-state index in [1.165, 1.54) is 23.5 Å². The van der Waals surface area contributed by atoms with E-state index in [1.54, 1.807) is 24.5 Å². The fourth-order valence-corrected chi connectivity index (χ4v) is 4.28. The summed E-state index contributed by atoms with van der Waals surface area (Å²) in [5.74, 6) is -0.454. The number of benzene rings is 1. The van der Waals surface area contributed by atoms with Crippen molar-refractivity contribution in [1.29, 1.82) is 0 Å². The number of nitrogens with zero attached hydrogens (tertiary/aromatic N) is 3. The van der Waals surface area contributed by atoms with Gasteiger partial charge in [0.15, 0.2) is 0 Å². The first-order valence-electron chi connectivity index (χ1n) is 9.55. The SMILES string of the molecule is Cc1cc(C(=O)NC(C)c2nc(-c3cccnc3)cs2)c(C)n1-c1ccc(F)cc1. The van der Waals surface area contributed by atoms with Crippen LogP contribution in [0.5, 0.6) is 0 Å². The molecule has 1 aromatic carbocycles. The van der Waals surface area contributed by atoms with Crippen LogP contribution in [0.1, 0.15) is 39.7 Å². The quantitative estimate of drug-likeness (QED) is 0.480. The van der Waals surface area contributed by atoms with Crippen LogP contribution in [0.4, 0.5) is 4.39 Å². The van der Waals surface area contributed by atoms with Crippen molar-refractivity contribution < 1.29 is 9.18 Å². The summed E-state index contributed by atoms with van der Waals surface area (Å²) in [6.07, 6.45) is 3.49. The molecule has 0 spiro atoms. The molecule has 0 aliphatic heterocycles. The van der Waals surface area contributed by atoms with Crippen LogP contribution in [0.25, 0.3) is 16.9 Å². The van der Waals surface area contributed by atoms with Crippen molar-refractivity contribution in [3.63, 3.8) is 0 Å². The predicted molar refractivity (Wildman–Crippen MR) is 116 cm³/mol. The Morgan fingerprint density at radius 3 is 2.67 bits per heavy atom. The first-order chi connectivity index (χ1) is 14.4. The standard InChI is InChI=1S/C23H21FN4OS/c1-14-11-20(16(3)28(14)19-8-6-18(24)7-9-19)22(29)26-15(2)23-27-21(13-30-23)17-5-4-10-25-12-17/h4-13,15H,1-3H3,(H,26,29). The molecule has 0 radical (unpaired) electrons. The molecule has 0 saturated carbocycles. The molecule has 5 nitrogen and oxygen atoms in total. The Morgan fingerprint density at radius 1 is 1.20 bits per heavy atom. The second kappa shape index (κ2) is 8.20. The summed E-state index contributed by atoms with van der Waals surface area (Å²) >= 11 is 1.51. The van der Waals surface area contributed by atoms with Gasteiger partial charge in [-0.15, -0.1) is 11.3 Å². The lowest BCUT2D eigenvalue weighted by atomic mass is 10.2. The summed E-state index contributed by atoms with van der Waals surface area (Å²) in [6.45, 7) is 5.74. The number of aromatic nitrogens is 3. The molecule has 0 aliphatic rings. The Bertz CT molecular complexity index is 1180. The highest BCUT2D eigenvalue weighted by Crippen LogP contribution is 2.26. The van der Waals surface area contributed by atoms with Gasteiger partial charge >= 0.3 is 0 Å². The van der Waals surface area contributed by atoms with E-state index in [-0.39, 0.29) is 17.8 Å². The maximum atomic E-state index is 13.3. The number of carbonyl (C=O) groups excluding carboxylic acids is 1. The first-order valence-corrected chi connectivity index (χ1v) is 10.4. The third kappa shape index (κ3) is 3.89. The van der Waals surface area contributed by atoms with Crippen LogP contribution in [-0.2, 0) is 0 Å². The summed E-state index contributed by atoms with van der Waals surface area (Å²) in [6, 6.07) is 11.7. The number of rotatable bonds is 5. The van der Waals surface area contributed by atoms with Crippen LogP contribution in [-0.4, -0.2) is 20.4 Å². The van der Waals surface area contributed by atoms with Crippen molar-refractivity contribution >= 4 is 17.2 Å². The minimum atomic E-state index is -0.290. The minimum absolute atomic E-state index is 0.165. The number of aryl methyl sites for hydroxylation is 1. The monoisotopic (exact) mass is 420 g/mol. The first kappa shape index (κ1) is 20.0. The third-order valence-electron chi connectivity index (χ3n) is 4.96. The number of thiazole rings is 1. The van der Waals surface area contributed by atoms with E-state index in [0.29, 0.717) is 5.56 Å². The smallest absolute Gasteiger partial charge is 0.253 e. The molecule has 30 heavy (non-hydrogen) atoms. The molecule has 4 rings (SSSR count). The predicted octanol–water partition coefficient (Wildman–Crippen LogP) is 5.24. The summed E-state index contributed by atoms with van der Waals surface area (Å²) in [5.41, 5.74) is 4.91. The Kier molecular flexibility index (Phi) is 5.46. The molecular formula is C23H21FN4OS. The Labute approximate surface area is 178 Å². The number of nitrogens with one attached hydrogen (secondary N) is 1. The molecule has 0 aliphatic carbocycles. The number of hydrogen-bond donors (Lipinski definition) is 1. The average Bonchev–Trinajstić information content (AvgIpc) is 3.35. The summed E-state index contributed by atoms with van der Waals surface area (Å²) in [7, 11) is 0. The van der Waals surface area contributed by atoms with E-state index >= 15 is 0 Å². The summed E-state index contributed by atoms with van der Waals surface area (Å²) < 4.78 is 15.2. The number of halogens is 1. The molecule has 1 unspecified atom stereocenters. The molecule has 3 aromatic heterocycles. The van der Waals surface area contributed by atoms with Gasteiger partial charge in [-0.25, -0.2) is 9.37 Å². The fraction of sp³-hybridized carbons (Fsp3) is 0.174. The van der Waals surface area contributed by atoms with Gasteiger partial charge in [0.2, 0.25) is 0 Å². The molecule has 1 atom stereocenters. The van der Waals surface area contributed by atoms with Gasteiger partial charge in [-0.05, 0) is 63.2 Å². The third-order valence-corrected chi connectivity index (χ3v) is 5.99. The van der Waals surface area contributed by atoms with Crippen molar-refractivity contribution in [2.24, 2.45) is 0 Å². The molecule has 0 fully saturated rings. The Morgan fingerprint density at radius 2 is 1.97 bits per heavy atom. The average molecular weight is 421 g/mol. The maximum absolute atomic E-state index is 13.3. The lowest BCUT2D eigenvalue weighted by Crippen LogP contribution is -2.27. The van der Waals surface area contributed by atoms with E-state index in [2.05, 4.69) is 15.3 Å². The highest BCUT2D eigenvalue weighted by atomic mass is 32.1. The second-order valence-corrected chi connectivity index (χ2v) is 7.99. The number of hydrogen-bond acceptors (Lipinski definition) is 4. The van der Waals surface area contributed by atoms with Crippen LogP contribution in [0, 0.1) is 19.7 Å². The van der Waals surface area contributed by atoms with Gasteiger partial charge < -0.3 is 9.88 Å². The maximum Gasteiger partial charge on any atom is 0.253 e. The van der Waals surface area contributed by atoms with E-state index in [9.17, 15) is 9.18 Å². The zero-order valence-electron chi connectivity index (χ0n) is 16.9. The van der Waals surface area contributed by atoms with Crippen LogP contribution in [0.3, 0.4) is 0 Å². The summed E-state index contributed by atoms with van der Waals surface area (Å²) in [5, 5.41) is 5.84. The highest BCUT2D eigenvalue weighted by Gasteiger charge is 2.20. The van der Waals surface area contributed by atoms with Crippen LogP contribution in [0.15, 0.2) is 60.2 Å². The van der Waals surface area contributed by atoms with E-state index < -0.39 is 0 Å². The van der Waals surface area contributed by atoms with E-state index in [1.807, 2.05) is 48.9 Å². The van der Waals surface area contributed by atoms with Crippen LogP contribution < -0.4 is 5.32 Å². The molecular weight excluding hydrogens is 399 g/mol. The zero-order chi connectivity index (χ0) is 21.3. The fourth-order valence-electron chi connectivity index (χ4n) is 3.45. The minimum Gasteiger partial charge on any atom is -0.343 e. The molecule has 152 valence electrons. The lowest BCUT2D eigenvalue weighted by Gasteiger charge is -2.12. The van der Waals surface area contributed by atoms with Crippen LogP contribution >= 0.6 is 11.3 Å². The van der Waals surface area contributed by atoms with Crippen molar-refractivity contribution in [2.45, 2.75) is 26.8 Å². The van der Waals surface area contributed by atoms with Gasteiger partial charge in [-0.1, -0.05) is 0 Å². The van der Waals surface area contributed by atoms with Gasteiger partial charge in [-0.3, -0.25) is 9.78 Å². The van der Waals surface area contributed by atoms with Gasteiger partial charge in [0.1, 0.15) is 10.8 Å². The molecule has 3 heterocycles. The molecule has 1 amide bonds. The van der Waals surface area contributed by atoms with Crippen molar-refractivity contribution in [3.05, 3.63) is 88.0 Å². The molecule has 0 bridgehead atoms. The summed E-state index contributed by atoms with van der Waals surface area (Å²) in [4.78, 5) is 21.7. The topological polar surface area (TPSA) is 59.8 Å². The zero-order valence-corrected chi connectivity index (χ0v) is 17.7. The number of amides is 1. The van der Waals surface area contributed by atoms with Gasteiger partial charge in [0.05, 0.1) is 17.3 Å². The molecule has 1 N–H and O–H groups in total. The van der Waals surface area contributed by atoms with Crippen molar-refractivity contribution in [2.75, 3.05) is 0 Å². The molecule has 7 heteroatoms. The Hall–Kier alpha value is -3.32. The highest BCUT2D eigenvalue weighted by molar-refractivity contribution is 7.10. The van der Waals surface area contributed by atoms with E-state index in [0.717, 1.165) is 33.3 Å². The molecule has 4 aromatic rings. The largest absolute Gasteiger partial charge is 0.343 e. The van der Waals surface area contributed by atoms with Gasteiger partial charge in [0.25, 0.3) is 5.91 Å². The van der Waals surface area contributed by atoms with E-state index in [4.69, 9.17) is 0 Å². The number of carbonyl (C=O) groups is 1. The lowest BCUT2D eigenvalue weighted by molar-refractivity contribution is 0.0939.